The quantitative estimate of drug-likeness (QED) is 0.296. The van der Waals surface area contributed by atoms with E-state index in [1.54, 1.807) is 29.9 Å². The Bertz CT molecular complexity index is 1130. The smallest absolute Gasteiger partial charge is 0.252 e. The van der Waals surface area contributed by atoms with Crippen molar-refractivity contribution in [2.75, 3.05) is 12.4 Å². The van der Waals surface area contributed by atoms with Gasteiger partial charge in [-0.3, -0.25) is 4.79 Å². The van der Waals surface area contributed by atoms with Crippen molar-refractivity contribution in [1.29, 1.82) is 0 Å². The summed E-state index contributed by atoms with van der Waals surface area (Å²) in [5.74, 6) is 1.07. The summed E-state index contributed by atoms with van der Waals surface area (Å²) >= 11 is 3.81. The normalized spacial score (nSPS) is 13.2. The molecule has 0 radical (unpaired) electrons. The summed E-state index contributed by atoms with van der Waals surface area (Å²) in [5.41, 5.74) is 2.19. The van der Waals surface area contributed by atoms with Crippen LogP contribution in [0.1, 0.15) is 28.9 Å². The summed E-state index contributed by atoms with van der Waals surface area (Å²) in [6.45, 7) is 2.08. The van der Waals surface area contributed by atoms with Crippen molar-refractivity contribution < 1.29 is 4.79 Å². The number of fused-ring (bicyclic) bond motifs is 1. The molecule has 29 heavy (non-hydrogen) atoms. The van der Waals surface area contributed by atoms with E-state index in [-0.39, 0.29) is 15.9 Å². The summed E-state index contributed by atoms with van der Waals surface area (Å²) in [7, 11) is 1.79. The van der Waals surface area contributed by atoms with E-state index in [0.29, 0.717) is 22.9 Å². The van der Waals surface area contributed by atoms with Gasteiger partial charge in [0.15, 0.2) is 10.7 Å². The lowest BCUT2D eigenvalue weighted by Gasteiger charge is -2.22. The van der Waals surface area contributed by atoms with E-state index < -0.39 is 0 Å². The number of rotatable bonds is 6. The molecule has 9 heteroatoms. The van der Waals surface area contributed by atoms with Crippen LogP contribution in [0.3, 0.4) is 0 Å². The summed E-state index contributed by atoms with van der Waals surface area (Å²) in [6, 6.07) is 13.4. The highest BCUT2D eigenvalue weighted by molar-refractivity contribution is 14.1. The first-order chi connectivity index (χ1) is 14.1. The molecule has 3 aromatic heterocycles. The molecule has 0 bridgehead atoms. The Kier molecular flexibility index (Phi) is 5.76. The number of carbonyl (C=O) groups is 1. The van der Waals surface area contributed by atoms with Crippen molar-refractivity contribution >= 4 is 51.3 Å². The van der Waals surface area contributed by atoms with Crippen molar-refractivity contribution in [1.82, 2.24) is 24.9 Å². The molecule has 0 spiro atoms. The highest BCUT2D eigenvalue weighted by Crippen LogP contribution is 2.25. The number of anilines is 1. The molecule has 0 saturated heterocycles. The Morgan fingerprint density at radius 2 is 2.03 bits per heavy atom. The second-order valence-corrected chi connectivity index (χ2v) is 9.32. The van der Waals surface area contributed by atoms with Gasteiger partial charge in [0.05, 0.1) is 6.04 Å². The van der Waals surface area contributed by atoms with Crippen LogP contribution in [0.15, 0.2) is 54.0 Å². The van der Waals surface area contributed by atoms with Crippen LogP contribution in [0.4, 0.5) is 5.82 Å². The standard InChI is InChI=1S/C20H19IN6OS/c1-12(21)17(13-6-4-3-5-7-13)25-19(28)14-10-15(22-2)27-16(11-14)24-18(26-27)20-23-8-9-29-20/h3-12,17,22H,1-2H3,(H,25,28). The van der Waals surface area contributed by atoms with Crippen molar-refractivity contribution in [3.05, 3.63) is 65.2 Å². The number of aromatic nitrogens is 4. The summed E-state index contributed by atoms with van der Waals surface area (Å²) < 4.78 is 1.90. The van der Waals surface area contributed by atoms with Crippen LogP contribution < -0.4 is 10.6 Å². The zero-order valence-electron chi connectivity index (χ0n) is 15.8. The lowest BCUT2D eigenvalue weighted by Crippen LogP contribution is -2.33. The molecular formula is C20H19IN6OS. The second kappa shape index (κ2) is 8.46. The number of benzene rings is 1. The number of hydrogen-bond acceptors (Lipinski definition) is 6. The fourth-order valence-corrected chi connectivity index (χ4v) is 4.23. The van der Waals surface area contributed by atoms with Gasteiger partial charge in [0.2, 0.25) is 5.82 Å². The van der Waals surface area contributed by atoms with Crippen molar-refractivity contribution in [3.63, 3.8) is 0 Å². The van der Waals surface area contributed by atoms with E-state index in [1.165, 1.54) is 11.3 Å². The maximum atomic E-state index is 13.1. The molecule has 1 amide bonds. The topological polar surface area (TPSA) is 84.2 Å². The van der Waals surface area contributed by atoms with Crippen LogP contribution >= 0.6 is 33.9 Å². The van der Waals surface area contributed by atoms with Crippen LogP contribution in [0.25, 0.3) is 16.5 Å². The predicted octanol–water partition coefficient (Wildman–Crippen LogP) is 4.19. The first-order valence-corrected chi connectivity index (χ1v) is 11.2. The third-order valence-electron chi connectivity index (χ3n) is 4.48. The highest BCUT2D eigenvalue weighted by atomic mass is 127. The number of thiazole rings is 1. The second-order valence-electron chi connectivity index (χ2n) is 6.46. The molecule has 7 nitrogen and oxygen atoms in total. The number of pyridine rings is 1. The molecule has 0 aliphatic heterocycles. The van der Waals surface area contributed by atoms with Gasteiger partial charge in [0.1, 0.15) is 5.82 Å². The fraction of sp³-hybridized carbons (Fsp3) is 0.200. The third-order valence-corrected chi connectivity index (χ3v) is 5.97. The van der Waals surface area contributed by atoms with E-state index in [4.69, 9.17) is 0 Å². The minimum Gasteiger partial charge on any atom is -0.373 e. The molecule has 148 valence electrons. The highest BCUT2D eigenvalue weighted by Gasteiger charge is 2.21. The molecule has 3 heterocycles. The van der Waals surface area contributed by atoms with Crippen LogP contribution in [-0.2, 0) is 0 Å². The molecule has 0 fully saturated rings. The maximum Gasteiger partial charge on any atom is 0.252 e. The van der Waals surface area contributed by atoms with Gasteiger partial charge in [-0.05, 0) is 17.7 Å². The average molecular weight is 518 g/mol. The lowest BCUT2D eigenvalue weighted by atomic mass is 10.0. The van der Waals surface area contributed by atoms with Crippen LogP contribution in [0.2, 0.25) is 0 Å². The van der Waals surface area contributed by atoms with Gasteiger partial charge in [-0.1, -0.05) is 59.8 Å². The molecule has 0 aliphatic carbocycles. The Balaban J connectivity index is 1.68. The van der Waals surface area contributed by atoms with Gasteiger partial charge >= 0.3 is 0 Å². The van der Waals surface area contributed by atoms with E-state index in [1.807, 2.05) is 35.7 Å². The molecule has 0 aliphatic rings. The van der Waals surface area contributed by atoms with E-state index in [0.717, 1.165) is 10.6 Å². The lowest BCUT2D eigenvalue weighted by molar-refractivity contribution is 0.0937. The van der Waals surface area contributed by atoms with E-state index >= 15 is 0 Å². The van der Waals surface area contributed by atoms with Crippen molar-refractivity contribution in [3.8, 4) is 10.8 Å². The zero-order chi connectivity index (χ0) is 20.4. The number of hydrogen-bond donors (Lipinski definition) is 2. The maximum absolute atomic E-state index is 13.1. The largest absolute Gasteiger partial charge is 0.373 e. The minimum absolute atomic E-state index is 0.0951. The molecular weight excluding hydrogens is 499 g/mol. The molecule has 0 saturated carbocycles. The van der Waals surface area contributed by atoms with Gasteiger partial charge in [-0.15, -0.1) is 16.4 Å². The first kappa shape index (κ1) is 19.8. The minimum atomic E-state index is -0.153. The number of halogens is 1. The van der Waals surface area contributed by atoms with Gasteiger partial charge < -0.3 is 10.6 Å². The molecule has 4 aromatic rings. The Morgan fingerprint density at radius 1 is 1.24 bits per heavy atom. The van der Waals surface area contributed by atoms with E-state index in [2.05, 4.69) is 55.2 Å². The van der Waals surface area contributed by atoms with Crippen molar-refractivity contribution in [2.24, 2.45) is 0 Å². The van der Waals surface area contributed by atoms with E-state index in [9.17, 15) is 4.79 Å². The summed E-state index contributed by atoms with van der Waals surface area (Å²) in [5, 5.41) is 13.4. The van der Waals surface area contributed by atoms with Crippen LogP contribution in [0.5, 0.6) is 0 Å². The van der Waals surface area contributed by atoms with Gasteiger partial charge in [0.25, 0.3) is 5.91 Å². The summed E-state index contributed by atoms with van der Waals surface area (Å²) in [6.07, 6.45) is 1.72. The fourth-order valence-electron chi connectivity index (χ4n) is 3.07. The number of alkyl halides is 1. The van der Waals surface area contributed by atoms with Crippen molar-refractivity contribution in [2.45, 2.75) is 16.9 Å². The third kappa shape index (κ3) is 4.10. The van der Waals surface area contributed by atoms with Gasteiger partial charge in [0, 0.05) is 28.1 Å². The number of amides is 1. The van der Waals surface area contributed by atoms with Crippen LogP contribution in [-0.4, -0.2) is 36.5 Å². The first-order valence-electron chi connectivity index (χ1n) is 9.05. The number of nitrogens with one attached hydrogen (secondary N) is 2. The Hall–Kier alpha value is -2.53. The summed E-state index contributed by atoms with van der Waals surface area (Å²) in [4.78, 5) is 21.9. The molecule has 1 aromatic carbocycles. The van der Waals surface area contributed by atoms with Gasteiger partial charge in [-0.25, -0.2) is 9.97 Å². The average Bonchev–Trinajstić information content (AvgIpc) is 3.40. The Labute approximate surface area is 185 Å². The number of nitrogens with zero attached hydrogens (tertiary/aromatic N) is 4. The van der Waals surface area contributed by atoms with Crippen LogP contribution in [0, 0.1) is 0 Å². The zero-order valence-corrected chi connectivity index (χ0v) is 18.8. The molecule has 4 rings (SSSR count). The molecule has 2 unspecified atom stereocenters. The molecule has 2 N–H and O–H groups in total. The molecule has 2 atom stereocenters. The predicted molar refractivity (Wildman–Crippen MR) is 124 cm³/mol. The Morgan fingerprint density at radius 3 is 2.69 bits per heavy atom. The monoisotopic (exact) mass is 518 g/mol. The number of carbonyl (C=O) groups excluding carboxylic acids is 1. The SMILES string of the molecule is CNc1cc(C(=O)NC(c2ccccc2)C(C)I)cc2nc(-c3nccs3)nn12. The van der Waals surface area contributed by atoms with Gasteiger partial charge in [-0.2, -0.15) is 4.52 Å².